The third-order valence-corrected chi connectivity index (χ3v) is 7.48. The molecule has 0 aromatic rings. The number of hydrogen-bond donors (Lipinski definition) is 0. The zero-order chi connectivity index (χ0) is 19.9. The first-order valence-electron chi connectivity index (χ1n) is 11.9. The number of rotatable bonds is 10. The highest BCUT2D eigenvalue weighted by Gasteiger charge is 2.32. The van der Waals surface area contributed by atoms with Crippen molar-refractivity contribution in [3.63, 3.8) is 0 Å². The van der Waals surface area contributed by atoms with Crippen molar-refractivity contribution in [3.05, 3.63) is 0 Å². The molecule has 3 nitrogen and oxygen atoms in total. The maximum absolute atomic E-state index is 2.72. The van der Waals surface area contributed by atoms with Gasteiger partial charge in [0, 0.05) is 26.2 Å². The van der Waals surface area contributed by atoms with Crippen molar-refractivity contribution in [2.75, 3.05) is 52.5 Å². The lowest BCUT2D eigenvalue weighted by Gasteiger charge is -2.43. The number of piperidine rings is 1. The quantitative estimate of drug-likeness (QED) is 0.509. The van der Waals surface area contributed by atoms with Crippen LogP contribution in [0.3, 0.4) is 0 Å². The fraction of sp³-hybridized carbons (Fsp3) is 1.00. The van der Waals surface area contributed by atoms with Crippen LogP contribution in [0.2, 0.25) is 0 Å². The predicted octanol–water partition coefficient (Wildman–Crippen LogP) is 5.32. The van der Waals surface area contributed by atoms with Gasteiger partial charge in [0.25, 0.3) is 0 Å². The molecule has 2 aliphatic heterocycles. The van der Waals surface area contributed by atoms with E-state index in [1.54, 1.807) is 0 Å². The van der Waals surface area contributed by atoms with E-state index in [0.29, 0.717) is 10.8 Å². The van der Waals surface area contributed by atoms with Crippen LogP contribution in [0.25, 0.3) is 0 Å². The summed E-state index contributed by atoms with van der Waals surface area (Å²) in [6, 6.07) is 0. The molecule has 2 aliphatic rings. The highest BCUT2D eigenvalue weighted by atomic mass is 15.3. The second-order valence-electron chi connectivity index (χ2n) is 10.9. The molecular weight excluding hydrogens is 330 g/mol. The average Bonchev–Trinajstić information content (AvgIpc) is 2.62. The van der Waals surface area contributed by atoms with Gasteiger partial charge in [-0.05, 0) is 68.5 Å². The van der Waals surface area contributed by atoms with Gasteiger partial charge in [0.1, 0.15) is 0 Å². The Hall–Kier alpha value is -0.120. The first-order chi connectivity index (χ1) is 12.8. The summed E-state index contributed by atoms with van der Waals surface area (Å²) in [7, 11) is 0. The third-order valence-electron chi connectivity index (χ3n) is 7.48. The largest absolute Gasteiger partial charge is 0.301 e. The van der Waals surface area contributed by atoms with Crippen LogP contribution in [-0.2, 0) is 0 Å². The van der Waals surface area contributed by atoms with Gasteiger partial charge in [-0.2, -0.15) is 0 Å². The molecule has 3 heteroatoms. The summed E-state index contributed by atoms with van der Waals surface area (Å²) in [5, 5.41) is 0. The van der Waals surface area contributed by atoms with Gasteiger partial charge >= 0.3 is 0 Å². The topological polar surface area (TPSA) is 9.72 Å². The summed E-state index contributed by atoms with van der Waals surface area (Å²) in [6.45, 7) is 24.7. The minimum absolute atomic E-state index is 0.516. The molecule has 2 fully saturated rings. The zero-order valence-electron chi connectivity index (χ0n) is 19.5. The van der Waals surface area contributed by atoms with E-state index in [4.69, 9.17) is 0 Å². The van der Waals surface area contributed by atoms with Crippen LogP contribution < -0.4 is 0 Å². The van der Waals surface area contributed by atoms with Crippen molar-refractivity contribution in [1.82, 2.24) is 14.7 Å². The van der Waals surface area contributed by atoms with Crippen molar-refractivity contribution in [1.29, 1.82) is 0 Å². The number of piperazine rings is 1. The molecule has 2 heterocycles. The molecule has 0 atom stereocenters. The molecule has 2 saturated heterocycles. The van der Waals surface area contributed by atoms with Crippen LogP contribution >= 0.6 is 0 Å². The van der Waals surface area contributed by atoms with Crippen LogP contribution in [0.1, 0.15) is 86.5 Å². The zero-order valence-corrected chi connectivity index (χ0v) is 19.5. The van der Waals surface area contributed by atoms with Gasteiger partial charge in [-0.15, -0.1) is 0 Å². The normalized spacial score (nSPS) is 22.4. The van der Waals surface area contributed by atoms with Gasteiger partial charge in [-0.25, -0.2) is 0 Å². The first-order valence-corrected chi connectivity index (χ1v) is 11.9. The van der Waals surface area contributed by atoms with Crippen LogP contribution in [-0.4, -0.2) is 67.2 Å². The lowest BCUT2D eigenvalue weighted by atomic mass is 9.71. The maximum atomic E-state index is 2.72. The van der Waals surface area contributed by atoms with Crippen molar-refractivity contribution >= 4 is 0 Å². The molecule has 0 amide bonds. The van der Waals surface area contributed by atoms with Gasteiger partial charge in [0.2, 0.25) is 0 Å². The van der Waals surface area contributed by atoms with Crippen LogP contribution in [0.5, 0.6) is 0 Å². The smallest absolute Gasteiger partial charge is 0.0507 e. The summed E-state index contributed by atoms with van der Waals surface area (Å²) >= 11 is 0. The summed E-state index contributed by atoms with van der Waals surface area (Å²) in [4.78, 5) is 8.12. The van der Waals surface area contributed by atoms with E-state index in [1.807, 2.05) is 0 Å². The first kappa shape index (κ1) is 23.2. The molecule has 0 N–H and O–H groups in total. The Bertz CT molecular complexity index is 402. The highest BCUT2D eigenvalue weighted by molar-refractivity contribution is 4.84. The molecule has 0 aromatic carbocycles. The summed E-state index contributed by atoms with van der Waals surface area (Å²) in [5.74, 6) is 0.928. The van der Waals surface area contributed by atoms with Gasteiger partial charge in [-0.3, -0.25) is 9.80 Å². The fourth-order valence-electron chi connectivity index (χ4n) is 5.40. The minimum Gasteiger partial charge on any atom is -0.301 e. The second-order valence-corrected chi connectivity index (χ2v) is 10.9. The van der Waals surface area contributed by atoms with Crippen LogP contribution in [0, 0.1) is 16.7 Å². The molecule has 27 heavy (non-hydrogen) atoms. The van der Waals surface area contributed by atoms with Crippen LogP contribution in [0.15, 0.2) is 0 Å². The van der Waals surface area contributed by atoms with E-state index in [-0.39, 0.29) is 0 Å². The van der Waals surface area contributed by atoms with Crippen molar-refractivity contribution < 1.29 is 0 Å². The van der Waals surface area contributed by atoms with Gasteiger partial charge in [0.05, 0.1) is 6.67 Å². The molecule has 0 bridgehead atoms. The summed E-state index contributed by atoms with van der Waals surface area (Å²) in [6.07, 6.45) is 9.54. The average molecular weight is 380 g/mol. The molecule has 2 rings (SSSR count). The van der Waals surface area contributed by atoms with E-state index < -0.39 is 0 Å². The fourth-order valence-corrected chi connectivity index (χ4v) is 5.40. The predicted molar refractivity (Wildman–Crippen MR) is 119 cm³/mol. The van der Waals surface area contributed by atoms with E-state index >= 15 is 0 Å². The second kappa shape index (κ2) is 10.6. The molecule has 0 aliphatic carbocycles. The van der Waals surface area contributed by atoms with Crippen molar-refractivity contribution in [3.8, 4) is 0 Å². The van der Waals surface area contributed by atoms with Gasteiger partial charge in [0.15, 0.2) is 0 Å². The molecule has 160 valence electrons. The molecule has 0 spiro atoms. The minimum atomic E-state index is 0.516. The Morgan fingerprint density at radius 1 is 0.667 bits per heavy atom. The maximum Gasteiger partial charge on any atom is 0.0507 e. The van der Waals surface area contributed by atoms with Gasteiger partial charge in [-0.1, -0.05) is 54.4 Å². The standard InChI is InChI=1S/C24H49N3/c1-7-11-23(3,4)13-16-25-17-19-27(20-18-25)21-26-14-9-22(10-15-26)24(5,6)12-8-2/h22H,7-21H2,1-6H3. The summed E-state index contributed by atoms with van der Waals surface area (Å²) in [5.41, 5.74) is 1.06. The van der Waals surface area contributed by atoms with E-state index in [1.165, 1.54) is 97.4 Å². The number of nitrogens with zero attached hydrogens (tertiary/aromatic N) is 3. The molecule has 0 radical (unpaired) electrons. The lowest BCUT2D eigenvalue weighted by Crippen LogP contribution is -2.52. The van der Waals surface area contributed by atoms with E-state index in [0.717, 1.165) is 5.92 Å². The van der Waals surface area contributed by atoms with Crippen molar-refractivity contribution in [2.45, 2.75) is 86.5 Å². The molecule has 0 aromatic heterocycles. The Balaban J connectivity index is 1.64. The Morgan fingerprint density at radius 3 is 1.74 bits per heavy atom. The van der Waals surface area contributed by atoms with Crippen LogP contribution in [0.4, 0.5) is 0 Å². The third kappa shape index (κ3) is 7.66. The Kier molecular flexibility index (Phi) is 9.09. The monoisotopic (exact) mass is 379 g/mol. The molecular formula is C24H49N3. The Morgan fingerprint density at radius 2 is 1.19 bits per heavy atom. The number of hydrogen-bond acceptors (Lipinski definition) is 3. The Labute approximate surface area is 170 Å². The summed E-state index contributed by atoms with van der Waals surface area (Å²) < 4.78 is 0. The van der Waals surface area contributed by atoms with Gasteiger partial charge < -0.3 is 4.90 Å². The van der Waals surface area contributed by atoms with E-state index in [9.17, 15) is 0 Å². The van der Waals surface area contributed by atoms with Crippen molar-refractivity contribution in [2.24, 2.45) is 16.7 Å². The lowest BCUT2D eigenvalue weighted by molar-refractivity contribution is 0.0325. The molecule has 0 unspecified atom stereocenters. The SMILES string of the molecule is CCCC(C)(C)CCN1CCN(CN2CCC(C(C)(C)CCC)CC2)CC1. The highest BCUT2D eigenvalue weighted by Crippen LogP contribution is 2.38. The molecule has 0 saturated carbocycles. The number of likely N-dealkylation sites (tertiary alicyclic amines) is 1. The van der Waals surface area contributed by atoms with E-state index in [2.05, 4.69) is 56.2 Å².